The lowest BCUT2D eigenvalue weighted by Crippen LogP contribution is -2.27. The fourth-order valence-electron chi connectivity index (χ4n) is 2.50. The number of thioether (sulfide) groups is 1. The van der Waals surface area contributed by atoms with E-state index >= 15 is 0 Å². The summed E-state index contributed by atoms with van der Waals surface area (Å²) in [5.74, 6) is -0.0280. The monoisotopic (exact) mass is 386 g/mol. The van der Waals surface area contributed by atoms with E-state index in [0.717, 1.165) is 12.8 Å². The predicted octanol–water partition coefficient (Wildman–Crippen LogP) is 3.95. The first-order valence-electron chi connectivity index (χ1n) is 7.50. The van der Waals surface area contributed by atoms with Gasteiger partial charge in [0.15, 0.2) is 0 Å². The van der Waals surface area contributed by atoms with E-state index in [0.29, 0.717) is 34.5 Å². The minimum atomic E-state index is -3.46. The third-order valence-corrected chi connectivity index (χ3v) is 7.04. The molecule has 1 fully saturated rings. The van der Waals surface area contributed by atoms with Crippen LogP contribution in [0.2, 0.25) is 5.02 Å². The number of rotatable bonds is 5. The van der Waals surface area contributed by atoms with Gasteiger partial charge in [-0.15, -0.1) is 11.8 Å². The van der Waals surface area contributed by atoms with E-state index in [1.54, 1.807) is 24.3 Å². The molecule has 1 aliphatic heterocycles. The van der Waals surface area contributed by atoms with Gasteiger partial charge in [0.1, 0.15) is 10.7 Å². The molecular weight excluding hydrogens is 371 g/mol. The molecule has 0 radical (unpaired) electrons. The Kier molecular flexibility index (Phi) is 5.44. The van der Waals surface area contributed by atoms with Crippen LogP contribution < -0.4 is 0 Å². The molecule has 0 bridgehead atoms. The second-order valence-electron chi connectivity index (χ2n) is 5.43. The molecule has 2 heterocycles. The molecule has 128 valence electrons. The zero-order chi connectivity index (χ0) is 17.2. The van der Waals surface area contributed by atoms with Gasteiger partial charge in [-0.05, 0) is 37.1 Å². The van der Waals surface area contributed by atoms with Crippen molar-refractivity contribution in [2.45, 2.75) is 28.5 Å². The van der Waals surface area contributed by atoms with Crippen LogP contribution in [0.15, 0.2) is 46.5 Å². The normalized spacial score (nSPS) is 15.8. The van der Waals surface area contributed by atoms with Crippen LogP contribution in [-0.2, 0) is 15.8 Å². The highest BCUT2D eigenvalue weighted by atomic mass is 35.5. The fraction of sp³-hybridized carbons (Fsp3) is 0.312. The van der Waals surface area contributed by atoms with Gasteiger partial charge in [0.2, 0.25) is 10.0 Å². The molecule has 4 nitrogen and oxygen atoms in total. The highest BCUT2D eigenvalue weighted by Crippen LogP contribution is 2.28. The minimum absolute atomic E-state index is 0.192. The van der Waals surface area contributed by atoms with Gasteiger partial charge in [-0.25, -0.2) is 17.8 Å². The first kappa shape index (κ1) is 17.7. The molecule has 0 saturated carbocycles. The van der Waals surface area contributed by atoms with Crippen LogP contribution in [0.5, 0.6) is 0 Å². The Hall–Kier alpha value is -1.15. The van der Waals surface area contributed by atoms with Crippen LogP contribution in [0, 0.1) is 5.82 Å². The van der Waals surface area contributed by atoms with Crippen LogP contribution >= 0.6 is 23.4 Å². The van der Waals surface area contributed by atoms with Gasteiger partial charge in [-0.3, -0.25) is 0 Å². The quantitative estimate of drug-likeness (QED) is 0.730. The van der Waals surface area contributed by atoms with Crippen molar-refractivity contribution in [3.63, 3.8) is 0 Å². The van der Waals surface area contributed by atoms with Crippen LogP contribution in [0.1, 0.15) is 18.4 Å². The van der Waals surface area contributed by atoms with E-state index in [1.807, 2.05) is 0 Å². The van der Waals surface area contributed by atoms with E-state index in [9.17, 15) is 12.8 Å². The largest absolute Gasteiger partial charge is 0.249 e. The summed E-state index contributed by atoms with van der Waals surface area (Å²) < 4.78 is 40.1. The molecule has 0 amide bonds. The first-order valence-corrected chi connectivity index (χ1v) is 10.3. The molecule has 3 rings (SSSR count). The molecule has 24 heavy (non-hydrogen) atoms. The lowest BCUT2D eigenvalue weighted by molar-refractivity contribution is 0.477. The second kappa shape index (κ2) is 7.39. The molecule has 2 aromatic rings. The average Bonchev–Trinajstić information content (AvgIpc) is 3.10. The summed E-state index contributed by atoms with van der Waals surface area (Å²) in [6.45, 7) is 1.12. The third-order valence-electron chi connectivity index (χ3n) is 3.84. The van der Waals surface area contributed by atoms with Gasteiger partial charge < -0.3 is 0 Å². The fourth-order valence-corrected chi connectivity index (χ4v) is 5.15. The molecule has 1 aromatic heterocycles. The summed E-state index contributed by atoms with van der Waals surface area (Å²) in [5.41, 5.74) is 0.416. The summed E-state index contributed by atoms with van der Waals surface area (Å²) in [5, 5.41) is 0.991. The maximum Gasteiger partial charge on any atom is 0.244 e. The number of benzene rings is 1. The van der Waals surface area contributed by atoms with E-state index < -0.39 is 10.0 Å². The lowest BCUT2D eigenvalue weighted by Gasteiger charge is -2.15. The molecule has 0 N–H and O–H groups in total. The van der Waals surface area contributed by atoms with Crippen LogP contribution in [-0.4, -0.2) is 30.8 Å². The van der Waals surface area contributed by atoms with Crippen LogP contribution in [0.3, 0.4) is 0 Å². The predicted molar refractivity (Wildman–Crippen MR) is 93.2 cm³/mol. The van der Waals surface area contributed by atoms with Crippen molar-refractivity contribution in [1.29, 1.82) is 0 Å². The van der Waals surface area contributed by atoms with E-state index in [2.05, 4.69) is 4.98 Å². The lowest BCUT2D eigenvalue weighted by atomic mass is 10.2. The van der Waals surface area contributed by atoms with Gasteiger partial charge in [0, 0.05) is 35.6 Å². The summed E-state index contributed by atoms with van der Waals surface area (Å²) in [6, 6.07) is 7.75. The first-order chi connectivity index (χ1) is 11.5. The molecule has 0 atom stereocenters. The van der Waals surface area contributed by atoms with Crippen molar-refractivity contribution in [3.05, 3.63) is 52.9 Å². The van der Waals surface area contributed by atoms with E-state index in [4.69, 9.17) is 11.6 Å². The van der Waals surface area contributed by atoms with Gasteiger partial charge in [0.25, 0.3) is 0 Å². The van der Waals surface area contributed by atoms with E-state index in [-0.39, 0.29) is 10.7 Å². The number of aromatic nitrogens is 1. The number of hydrogen-bond donors (Lipinski definition) is 0. The Bertz CT molecular complexity index is 802. The molecule has 1 saturated heterocycles. The number of halogens is 2. The van der Waals surface area contributed by atoms with Crippen LogP contribution in [0.4, 0.5) is 4.39 Å². The zero-order valence-corrected chi connectivity index (χ0v) is 15.2. The summed E-state index contributed by atoms with van der Waals surface area (Å²) in [6.07, 6.45) is 3.15. The molecule has 1 aliphatic rings. The van der Waals surface area contributed by atoms with Crippen molar-refractivity contribution in [2.75, 3.05) is 13.1 Å². The number of pyridine rings is 1. The third kappa shape index (κ3) is 3.74. The molecule has 0 unspecified atom stereocenters. The second-order valence-corrected chi connectivity index (χ2v) is 8.77. The Balaban J connectivity index is 1.71. The molecule has 0 aliphatic carbocycles. The number of hydrogen-bond acceptors (Lipinski definition) is 4. The minimum Gasteiger partial charge on any atom is -0.249 e. The number of sulfonamides is 1. The maximum absolute atomic E-state index is 13.7. The van der Waals surface area contributed by atoms with Gasteiger partial charge in [-0.1, -0.05) is 17.7 Å². The standard InChI is InChI=1S/C16H16ClFN2O2S2/c17-14-4-3-5-15(18)13(14)11-23-16-7-6-12(10-19-16)24(21,22)20-8-1-2-9-20/h3-7,10H,1-2,8-9,11H2. The number of nitrogens with zero attached hydrogens (tertiary/aromatic N) is 2. The molecule has 1 aromatic carbocycles. The molecular formula is C16H16ClFN2O2S2. The van der Waals surface area contributed by atoms with E-state index in [1.165, 1.54) is 28.3 Å². The smallest absolute Gasteiger partial charge is 0.244 e. The molecule has 8 heteroatoms. The SMILES string of the molecule is O=S(=O)(c1ccc(SCc2c(F)cccc2Cl)nc1)N1CCCC1. The summed E-state index contributed by atoms with van der Waals surface area (Å²) in [7, 11) is -3.46. The Morgan fingerprint density at radius 2 is 1.96 bits per heavy atom. The van der Waals surface area contributed by atoms with Gasteiger partial charge in [0.05, 0.1) is 5.03 Å². The van der Waals surface area contributed by atoms with Crippen molar-refractivity contribution in [1.82, 2.24) is 9.29 Å². The topological polar surface area (TPSA) is 50.3 Å². The van der Waals surface area contributed by atoms with Crippen molar-refractivity contribution in [2.24, 2.45) is 0 Å². The Morgan fingerprint density at radius 3 is 2.58 bits per heavy atom. The average molecular weight is 387 g/mol. The highest BCUT2D eigenvalue weighted by molar-refractivity contribution is 7.98. The summed E-state index contributed by atoms with van der Waals surface area (Å²) in [4.78, 5) is 4.37. The van der Waals surface area contributed by atoms with Crippen molar-refractivity contribution in [3.8, 4) is 0 Å². The van der Waals surface area contributed by atoms with Crippen molar-refractivity contribution < 1.29 is 12.8 Å². The van der Waals surface area contributed by atoms with Crippen molar-refractivity contribution >= 4 is 33.4 Å². The molecule has 0 spiro atoms. The highest BCUT2D eigenvalue weighted by Gasteiger charge is 2.27. The van der Waals surface area contributed by atoms with Gasteiger partial charge >= 0.3 is 0 Å². The Morgan fingerprint density at radius 1 is 1.21 bits per heavy atom. The zero-order valence-electron chi connectivity index (χ0n) is 12.8. The maximum atomic E-state index is 13.7. The van der Waals surface area contributed by atoms with Crippen LogP contribution in [0.25, 0.3) is 0 Å². The van der Waals surface area contributed by atoms with Gasteiger partial charge in [-0.2, -0.15) is 4.31 Å². The summed E-state index contributed by atoms with van der Waals surface area (Å²) >= 11 is 7.30. The Labute approximate surface area is 150 Å².